The van der Waals surface area contributed by atoms with Gasteiger partial charge in [-0.15, -0.1) is 0 Å². The molecule has 19 heavy (non-hydrogen) atoms. The van der Waals surface area contributed by atoms with Crippen LogP contribution in [0.3, 0.4) is 0 Å². The molecule has 0 fully saturated rings. The van der Waals surface area contributed by atoms with Gasteiger partial charge in [0.15, 0.2) is 0 Å². The van der Waals surface area contributed by atoms with Crippen molar-refractivity contribution in [2.75, 3.05) is 18.5 Å². The maximum absolute atomic E-state index is 4.54. The van der Waals surface area contributed by atoms with Crippen molar-refractivity contribution in [1.82, 2.24) is 18.9 Å². The van der Waals surface area contributed by atoms with E-state index in [0.717, 1.165) is 36.9 Å². The summed E-state index contributed by atoms with van der Waals surface area (Å²) in [5, 5.41) is 1.04. The van der Waals surface area contributed by atoms with E-state index in [9.17, 15) is 0 Å². The molecule has 0 amide bonds. The lowest BCUT2D eigenvalue weighted by Crippen LogP contribution is -2.31. The molecule has 3 heterocycles. The Morgan fingerprint density at radius 1 is 1.53 bits per heavy atom. The van der Waals surface area contributed by atoms with Crippen LogP contribution in [-0.4, -0.2) is 32.5 Å². The Hall–Kier alpha value is -1.43. The van der Waals surface area contributed by atoms with E-state index in [1.807, 2.05) is 6.20 Å². The molecule has 5 nitrogen and oxygen atoms in total. The second-order valence-corrected chi connectivity index (χ2v) is 5.86. The van der Waals surface area contributed by atoms with Crippen LogP contribution in [0.5, 0.6) is 0 Å². The lowest BCUT2D eigenvalue weighted by Gasteiger charge is -2.27. The van der Waals surface area contributed by atoms with E-state index in [2.05, 4.69) is 44.0 Å². The van der Waals surface area contributed by atoms with Crippen LogP contribution in [0.2, 0.25) is 0 Å². The van der Waals surface area contributed by atoms with Gasteiger partial charge in [0.2, 0.25) is 5.13 Å². The molecule has 6 heteroatoms. The molecule has 0 saturated carbocycles. The Morgan fingerprint density at radius 2 is 2.42 bits per heavy atom. The van der Waals surface area contributed by atoms with Crippen molar-refractivity contribution in [2.45, 2.75) is 32.7 Å². The molecule has 0 saturated heterocycles. The number of anilines is 1. The quantitative estimate of drug-likeness (QED) is 0.857. The van der Waals surface area contributed by atoms with Gasteiger partial charge in [-0.25, -0.2) is 9.97 Å². The summed E-state index contributed by atoms with van der Waals surface area (Å²) in [6.07, 6.45) is 7.19. The van der Waals surface area contributed by atoms with Crippen LogP contribution in [0.25, 0.3) is 0 Å². The second kappa shape index (κ2) is 5.28. The molecule has 0 unspecified atom stereocenters. The van der Waals surface area contributed by atoms with Gasteiger partial charge in [0, 0.05) is 56.9 Å². The number of aromatic nitrogens is 4. The topological polar surface area (TPSA) is 46.8 Å². The van der Waals surface area contributed by atoms with Crippen LogP contribution in [0, 0.1) is 5.92 Å². The van der Waals surface area contributed by atoms with E-state index < -0.39 is 0 Å². The third-order valence-corrected chi connectivity index (χ3v) is 4.53. The highest BCUT2D eigenvalue weighted by Crippen LogP contribution is 2.23. The molecule has 1 aliphatic rings. The van der Waals surface area contributed by atoms with E-state index in [4.69, 9.17) is 0 Å². The lowest BCUT2D eigenvalue weighted by atomic mass is 9.99. The van der Waals surface area contributed by atoms with Crippen molar-refractivity contribution in [3.8, 4) is 0 Å². The minimum Gasteiger partial charge on any atom is -0.350 e. The summed E-state index contributed by atoms with van der Waals surface area (Å²) in [5.41, 5.74) is 0. The molecular weight excluding hydrogens is 258 g/mol. The van der Waals surface area contributed by atoms with Crippen LogP contribution in [0.1, 0.15) is 25.0 Å². The van der Waals surface area contributed by atoms with Crippen LogP contribution in [0.4, 0.5) is 5.13 Å². The predicted molar refractivity (Wildman–Crippen MR) is 76.6 cm³/mol. The molecular formula is C13H19N5S. The Bertz CT molecular complexity index is 547. The van der Waals surface area contributed by atoms with Gasteiger partial charge >= 0.3 is 0 Å². The highest BCUT2D eigenvalue weighted by molar-refractivity contribution is 7.09. The molecule has 0 aliphatic carbocycles. The molecule has 1 atom stereocenters. The fourth-order valence-electron chi connectivity index (χ4n) is 2.59. The smallest absolute Gasteiger partial charge is 0.204 e. The number of imidazole rings is 1. The first-order valence-electron chi connectivity index (χ1n) is 6.80. The molecule has 1 aliphatic heterocycles. The molecule has 0 spiro atoms. The largest absolute Gasteiger partial charge is 0.350 e. The number of aryl methyl sites for hydroxylation is 2. The highest BCUT2D eigenvalue weighted by Gasteiger charge is 2.21. The van der Waals surface area contributed by atoms with Gasteiger partial charge in [-0.2, -0.15) is 4.37 Å². The van der Waals surface area contributed by atoms with Crippen molar-refractivity contribution >= 4 is 16.7 Å². The second-order valence-electron chi connectivity index (χ2n) is 5.13. The lowest BCUT2D eigenvalue weighted by molar-refractivity contribution is 0.369. The maximum atomic E-state index is 4.54. The van der Waals surface area contributed by atoms with Crippen molar-refractivity contribution in [2.24, 2.45) is 5.92 Å². The predicted octanol–water partition coefficient (Wildman–Crippen LogP) is 2.00. The van der Waals surface area contributed by atoms with Gasteiger partial charge in [-0.3, -0.25) is 0 Å². The van der Waals surface area contributed by atoms with Gasteiger partial charge in [0.1, 0.15) is 11.6 Å². The van der Waals surface area contributed by atoms with E-state index >= 15 is 0 Å². The Balaban J connectivity index is 1.63. The number of rotatable bonds is 4. The van der Waals surface area contributed by atoms with Crippen LogP contribution in [-0.2, 0) is 19.4 Å². The van der Waals surface area contributed by atoms with Gasteiger partial charge in [-0.1, -0.05) is 6.92 Å². The molecule has 0 radical (unpaired) electrons. The van der Waals surface area contributed by atoms with Gasteiger partial charge in [-0.05, 0) is 12.3 Å². The monoisotopic (exact) mass is 277 g/mol. The molecule has 0 aromatic carbocycles. The normalized spacial score (nSPS) is 18.3. The zero-order valence-corrected chi connectivity index (χ0v) is 12.2. The number of fused-ring (bicyclic) bond motifs is 1. The first kappa shape index (κ1) is 12.6. The SMILES string of the molecule is CCc1nsc(N(C)C[C@H]2CCc3nccn3C2)n1. The van der Waals surface area contributed by atoms with Crippen LogP contribution in [0.15, 0.2) is 12.4 Å². The zero-order chi connectivity index (χ0) is 13.2. The van der Waals surface area contributed by atoms with Gasteiger partial charge in [0.05, 0.1) is 0 Å². The summed E-state index contributed by atoms with van der Waals surface area (Å²) in [7, 11) is 2.11. The number of hydrogen-bond acceptors (Lipinski definition) is 5. The third-order valence-electron chi connectivity index (χ3n) is 3.66. The molecule has 2 aromatic heterocycles. The van der Waals surface area contributed by atoms with E-state index in [1.165, 1.54) is 23.8 Å². The maximum Gasteiger partial charge on any atom is 0.204 e. The van der Waals surface area contributed by atoms with Crippen molar-refractivity contribution in [3.63, 3.8) is 0 Å². The summed E-state index contributed by atoms with van der Waals surface area (Å²) in [5.74, 6) is 2.84. The summed E-state index contributed by atoms with van der Waals surface area (Å²) >= 11 is 1.50. The Labute approximate surface area is 117 Å². The number of hydrogen-bond donors (Lipinski definition) is 0. The van der Waals surface area contributed by atoms with E-state index in [1.54, 1.807) is 0 Å². The van der Waals surface area contributed by atoms with Crippen LogP contribution < -0.4 is 4.90 Å². The van der Waals surface area contributed by atoms with Crippen molar-refractivity contribution in [1.29, 1.82) is 0 Å². The minimum atomic E-state index is 0.667. The van der Waals surface area contributed by atoms with Crippen LogP contribution >= 0.6 is 11.5 Å². The van der Waals surface area contributed by atoms with Gasteiger partial charge in [0.25, 0.3) is 0 Å². The van der Waals surface area contributed by atoms with E-state index in [0.29, 0.717) is 5.92 Å². The first-order valence-corrected chi connectivity index (χ1v) is 7.57. The standard InChI is InChI=1S/C13H19N5S/c1-3-11-15-13(19-16-11)17(2)8-10-4-5-12-14-6-7-18(12)9-10/h6-7,10H,3-5,8-9H2,1-2H3/t10-/m1/s1. The summed E-state index contributed by atoms with van der Waals surface area (Å²) in [6, 6.07) is 0. The number of nitrogens with zero attached hydrogens (tertiary/aromatic N) is 5. The first-order chi connectivity index (χ1) is 9.26. The summed E-state index contributed by atoms with van der Waals surface area (Å²) in [4.78, 5) is 11.2. The zero-order valence-electron chi connectivity index (χ0n) is 11.4. The summed E-state index contributed by atoms with van der Waals surface area (Å²) < 4.78 is 6.63. The summed E-state index contributed by atoms with van der Waals surface area (Å²) in [6.45, 7) is 4.20. The molecule has 0 N–H and O–H groups in total. The Morgan fingerprint density at radius 3 is 3.21 bits per heavy atom. The van der Waals surface area contributed by atoms with Gasteiger partial charge < -0.3 is 9.47 Å². The third kappa shape index (κ3) is 2.63. The average molecular weight is 277 g/mol. The molecule has 2 aromatic rings. The molecule has 0 bridgehead atoms. The molecule has 102 valence electrons. The average Bonchev–Trinajstić information content (AvgIpc) is 3.06. The fraction of sp³-hybridized carbons (Fsp3) is 0.615. The van der Waals surface area contributed by atoms with Crippen molar-refractivity contribution < 1.29 is 0 Å². The Kier molecular flexibility index (Phi) is 3.50. The molecule has 3 rings (SSSR count). The highest BCUT2D eigenvalue weighted by atomic mass is 32.1. The van der Waals surface area contributed by atoms with Crippen molar-refractivity contribution in [3.05, 3.63) is 24.0 Å². The van der Waals surface area contributed by atoms with E-state index in [-0.39, 0.29) is 0 Å². The minimum absolute atomic E-state index is 0.667. The fourth-order valence-corrected chi connectivity index (χ4v) is 3.31.